The van der Waals surface area contributed by atoms with Gasteiger partial charge in [-0.15, -0.1) is 0 Å². The smallest absolute Gasteiger partial charge is 0.259 e. The Balaban J connectivity index is 1.39. The molecule has 1 aliphatic heterocycles. The molecule has 0 bridgehead atoms. The molecule has 0 unspecified atom stereocenters. The van der Waals surface area contributed by atoms with Gasteiger partial charge in [-0.2, -0.15) is 0 Å². The molecule has 1 saturated heterocycles. The topological polar surface area (TPSA) is 83.6 Å². The normalized spacial score (nSPS) is 13.3. The first kappa shape index (κ1) is 22.3. The molecule has 2 amide bonds. The zero-order valence-electron chi connectivity index (χ0n) is 18.7. The quantitative estimate of drug-likeness (QED) is 0.537. The van der Waals surface area contributed by atoms with E-state index < -0.39 is 0 Å². The lowest BCUT2D eigenvalue weighted by atomic mass is 10.1. The van der Waals surface area contributed by atoms with E-state index in [1.54, 1.807) is 54.7 Å². The number of nitrogens with one attached hydrogen (secondary N) is 2. The molecule has 4 rings (SSSR count). The van der Waals surface area contributed by atoms with Gasteiger partial charge in [0.25, 0.3) is 11.8 Å². The average Bonchev–Trinajstić information content (AvgIpc) is 2.86. The van der Waals surface area contributed by atoms with E-state index in [0.29, 0.717) is 29.1 Å². The highest BCUT2D eigenvalue weighted by molar-refractivity contribution is 6.08. The lowest BCUT2D eigenvalue weighted by Gasteiger charge is -2.29. The predicted octanol–water partition coefficient (Wildman–Crippen LogP) is 4.98. The summed E-state index contributed by atoms with van der Waals surface area (Å²) in [5.74, 6) is 1.04. The summed E-state index contributed by atoms with van der Waals surface area (Å²) in [4.78, 5) is 32.1. The fraction of sp³-hybridized carbons (Fsp3) is 0.269. The second kappa shape index (κ2) is 10.6. The summed E-state index contributed by atoms with van der Waals surface area (Å²) < 4.78 is 5.42. The monoisotopic (exact) mass is 444 g/mol. The number of hydrogen-bond donors (Lipinski definition) is 2. The Morgan fingerprint density at radius 3 is 2.18 bits per heavy atom. The van der Waals surface area contributed by atoms with Gasteiger partial charge in [-0.05, 0) is 86.8 Å². The fourth-order valence-corrected chi connectivity index (χ4v) is 3.84. The van der Waals surface area contributed by atoms with Crippen LogP contribution in [0.4, 0.5) is 17.2 Å². The molecule has 7 heteroatoms. The third-order valence-electron chi connectivity index (χ3n) is 5.52. The van der Waals surface area contributed by atoms with Crippen LogP contribution in [0.1, 0.15) is 46.9 Å². The molecule has 0 spiro atoms. The first-order valence-electron chi connectivity index (χ1n) is 11.3. The van der Waals surface area contributed by atoms with Crippen LogP contribution in [-0.4, -0.2) is 36.5 Å². The molecule has 1 aromatic heterocycles. The van der Waals surface area contributed by atoms with Crippen LogP contribution in [0.25, 0.3) is 0 Å². The average molecular weight is 445 g/mol. The van der Waals surface area contributed by atoms with E-state index in [2.05, 4.69) is 20.5 Å². The second-order valence-electron chi connectivity index (χ2n) is 7.87. The number of aromatic nitrogens is 1. The molecule has 0 radical (unpaired) electrons. The highest BCUT2D eigenvalue weighted by Gasteiger charge is 2.19. The molecular formula is C26H28N4O3. The van der Waals surface area contributed by atoms with Gasteiger partial charge in [0, 0.05) is 36.2 Å². The molecule has 2 heterocycles. The van der Waals surface area contributed by atoms with Crippen molar-refractivity contribution in [1.82, 2.24) is 4.98 Å². The summed E-state index contributed by atoms with van der Waals surface area (Å²) in [6, 6.07) is 17.6. The third-order valence-corrected chi connectivity index (χ3v) is 5.52. The van der Waals surface area contributed by atoms with E-state index in [4.69, 9.17) is 4.74 Å². The van der Waals surface area contributed by atoms with Crippen molar-refractivity contribution in [2.75, 3.05) is 35.2 Å². The van der Waals surface area contributed by atoms with E-state index in [9.17, 15) is 9.59 Å². The van der Waals surface area contributed by atoms with Gasteiger partial charge in [0.2, 0.25) is 0 Å². The number of hydrogen-bond acceptors (Lipinski definition) is 5. The Hall–Kier alpha value is -3.87. The third kappa shape index (κ3) is 5.68. The molecular weight excluding hydrogens is 416 g/mol. The number of anilines is 3. The van der Waals surface area contributed by atoms with Crippen molar-refractivity contribution in [3.8, 4) is 5.75 Å². The molecule has 0 aliphatic carbocycles. The number of nitrogens with zero attached hydrogens (tertiary/aromatic N) is 2. The first-order chi connectivity index (χ1) is 16.1. The number of carbonyl (C=O) groups excluding carboxylic acids is 2. The number of ether oxygens (including phenoxy) is 1. The minimum Gasteiger partial charge on any atom is -0.494 e. The standard InChI is InChI=1S/C26H28N4O3/c1-2-33-22-14-12-21(13-15-22)28-25(31)19-8-10-20(11-9-19)29-26(32)23-7-6-16-27-24(23)30-17-4-3-5-18-30/h6-16H,2-5,17-18H2,1H3,(H,28,31)(H,29,32). The number of piperidine rings is 1. The van der Waals surface area contributed by atoms with Crippen LogP contribution >= 0.6 is 0 Å². The van der Waals surface area contributed by atoms with Crippen molar-refractivity contribution in [1.29, 1.82) is 0 Å². The summed E-state index contributed by atoms with van der Waals surface area (Å²) in [6.45, 7) is 4.34. The van der Waals surface area contributed by atoms with Crippen LogP contribution < -0.4 is 20.3 Å². The zero-order chi connectivity index (χ0) is 23.0. The van der Waals surface area contributed by atoms with Crippen LogP contribution in [0.3, 0.4) is 0 Å². The van der Waals surface area contributed by atoms with Crippen LogP contribution in [0, 0.1) is 0 Å². The molecule has 0 atom stereocenters. The molecule has 1 aliphatic rings. The Kier molecular flexibility index (Phi) is 7.19. The number of carbonyl (C=O) groups is 2. The van der Waals surface area contributed by atoms with Crippen molar-refractivity contribution in [2.24, 2.45) is 0 Å². The lowest BCUT2D eigenvalue weighted by Crippen LogP contribution is -2.32. The molecule has 33 heavy (non-hydrogen) atoms. The minimum atomic E-state index is -0.225. The SMILES string of the molecule is CCOc1ccc(NC(=O)c2ccc(NC(=O)c3cccnc3N3CCCCC3)cc2)cc1. The predicted molar refractivity (Wildman–Crippen MR) is 130 cm³/mol. The summed E-state index contributed by atoms with van der Waals surface area (Å²) in [7, 11) is 0. The van der Waals surface area contributed by atoms with Crippen molar-refractivity contribution in [3.63, 3.8) is 0 Å². The molecule has 170 valence electrons. The highest BCUT2D eigenvalue weighted by atomic mass is 16.5. The van der Waals surface area contributed by atoms with Crippen molar-refractivity contribution in [3.05, 3.63) is 78.0 Å². The maximum absolute atomic E-state index is 12.9. The summed E-state index contributed by atoms with van der Waals surface area (Å²) in [5, 5.41) is 5.78. The van der Waals surface area contributed by atoms with E-state index in [1.807, 2.05) is 19.1 Å². The lowest BCUT2D eigenvalue weighted by molar-refractivity contribution is 0.102. The van der Waals surface area contributed by atoms with E-state index >= 15 is 0 Å². The molecule has 2 aromatic carbocycles. The van der Waals surface area contributed by atoms with Crippen LogP contribution in [0.15, 0.2) is 66.9 Å². The van der Waals surface area contributed by atoms with Crippen molar-refractivity contribution >= 4 is 29.0 Å². The van der Waals surface area contributed by atoms with Gasteiger partial charge < -0.3 is 20.3 Å². The number of pyridine rings is 1. The molecule has 1 fully saturated rings. The maximum Gasteiger partial charge on any atom is 0.259 e. The van der Waals surface area contributed by atoms with Gasteiger partial charge >= 0.3 is 0 Å². The summed E-state index contributed by atoms with van der Waals surface area (Å²) in [6.07, 6.45) is 5.15. The van der Waals surface area contributed by atoms with Crippen LogP contribution in [-0.2, 0) is 0 Å². The van der Waals surface area contributed by atoms with Crippen LogP contribution in [0.5, 0.6) is 5.75 Å². The number of rotatable bonds is 7. The Morgan fingerprint density at radius 1 is 0.879 bits per heavy atom. The minimum absolute atomic E-state index is 0.213. The van der Waals surface area contributed by atoms with Gasteiger partial charge in [0.05, 0.1) is 12.2 Å². The zero-order valence-corrected chi connectivity index (χ0v) is 18.7. The van der Waals surface area contributed by atoms with Gasteiger partial charge in [-0.1, -0.05) is 0 Å². The first-order valence-corrected chi connectivity index (χ1v) is 11.3. The largest absolute Gasteiger partial charge is 0.494 e. The fourth-order valence-electron chi connectivity index (χ4n) is 3.84. The number of amides is 2. The van der Waals surface area contributed by atoms with Gasteiger partial charge in [-0.25, -0.2) is 4.98 Å². The Labute approximate surface area is 193 Å². The van der Waals surface area contributed by atoms with Gasteiger partial charge in [0.15, 0.2) is 0 Å². The van der Waals surface area contributed by atoms with E-state index in [1.165, 1.54) is 6.42 Å². The van der Waals surface area contributed by atoms with Gasteiger partial charge in [0.1, 0.15) is 11.6 Å². The maximum atomic E-state index is 12.9. The summed E-state index contributed by atoms with van der Waals surface area (Å²) >= 11 is 0. The second-order valence-corrected chi connectivity index (χ2v) is 7.87. The van der Waals surface area contributed by atoms with E-state index in [0.717, 1.165) is 37.5 Å². The number of benzene rings is 2. The highest BCUT2D eigenvalue weighted by Crippen LogP contribution is 2.23. The summed E-state index contributed by atoms with van der Waals surface area (Å²) in [5.41, 5.74) is 2.35. The molecule has 7 nitrogen and oxygen atoms in total. The Morgan fingerprint density at radius 2 is 1.52 bits per heavy atom. The van der Waals surface area contributed by atoms with Crippen LogP contribution in [0.2, 0.25) is 0 Å². The molecule has 2 N–H and O–H groups in total. The molecule has 3 aromatic rings. The van der Waals surface area contributed by atoms with E-state index in [-0.39, 0.29) is 11.8 Å². The van der Waals surface area contributed by atoms with Crippen molar-refractivity contribution < 1.29 is 14.3 Å². The Bertz CT molecular complexity index is 1090. The van der Waals surface area contributed by atoms with Gasteiger partial charge in [-0.3, -0.25) is 9.59 Å². The molecule has 0 saturated carbocycles. The van der Waals surface area contributed by atoms with Crippen molar-refractivity contribution in [2.45, 2.75) is 26.2 Å².